The monoisotopic (exact) mass is 375 g/mol. The normalized spacial score (nSPS) is 15.9. The van der Waals surface area contributed by atoms with Crippen molar-refractivity contribution in [3.63, 3.8) is 0 Å². The maximum atomic E-state index is 5.92. The average molecular weight is 375 g/mol. The molecule has 0 aliphatic carbocycles. The van der Waals surface area contributed by atoms with Crippen molar-refractivity contribution in [1.29, 1.82) is 0 Å². The van der Waals surface area contributed by atoms with Crippen molar-refractivity contribution in [2.45, 2.75) is 0 Å². The molecule has 1 aliphatic heterocycles. The van der Waals surface area contributed by atoms with E-state index in [2.05, 4.69) is 10.2 Å². The number of nitrogens with two attached hydrogens (primary N) is 2. The van der Waals surface area contributed by atoms with E-state index in [-0.39, 0.29) is 21.1 Å². The summed E-state index contributed by atoms with van der Waals surface area (Å²) in [6.45, 7) is 3.64. The molecule has 5 heteroatoms. The van der Waals surface area contributed by atoms with Crippen molar-refractivity contribution in [2.75, 3.05) is 42.5 Å². The summed E-state index contributed by atoms with van der Waals surface area (Å²) in [5.41, 5.74) is 14.1. The Kier molecular flexibility index (Phi) is 4.42. The quantitative estimate of drug-likeness (QED) is 0.721. The smallest absolute Gasteiger partial charge is 0.0785 e. The summed E-state index contributed by atoms with van der Waals surface area (Å²) in [5.74, 6) is 0. The predicted octanol–water partition coefficient (Wildman–Crippen LogP) is 1.04. The van der Waals surface area contributed by atoms with Crippen LogP contribution in [0.4, 0.5) is 17.1 Å². The molecule has 1 aromatic carbocycles. The van der Waals surface area contributed by atoms with E-state index in [1.807, 2.05) is 18.2 Å². The zero-order valence-electron chi connectivity index (χ0n) is 8.52. The Morgan fingerprint density at radius 3 is 2.47 bits per heavy atom. The van der Waals surface area contributed by atoms with E-state index < -0.39 is 0 Å². The Morgan fingerprint density at radius 2 is 1.80 bits per heavy atom. The Hall–Kier alpha value is -0.732. The fourth-order valence-electron chi connectivity index (χ4n) is 1.69. The number of nitrogen functional groups attached to an aromatic ring is 2. The van der Waals surface area contributed by atoms with Gasteiger partial charge in [-0.2, -0.15) is 0 Å². The van der Waals surface area contributed by atoms with Gasteiger partial charge in [0.15, 0.2) is 0 Å². The number of para-hydroxylation sites is 1. The van der Waals surface area contributed by atoms with Crippen LogP contribution in [0.25, 0.3) is 5.32 Å². The zero-order valence-corrected chi connectivity index (χ0v) is 11.5. The maximum absolute atomic E-state index is 5.92. The van der Waals surface area contributed by atoms with Crippen LogP contribution in [0.2, 0.25) is 0 Å². The minimum atomic E-state index is 0. The van der Waals surface area contributed by atoms with Crippen LogP contribution in [-0.2, 0) is 21.1 Å². The molecule has 82 valence electrons. The maximum Gasteiger partial charge on any atom is 0.0785 e. The minimum absolute atomic E-state index is 0. The Morgan fingerprint density at radius 1 is 1.13 bits per heavy atom. The third-order valence-electron chi connectivity index (χ3n) is 2.51. The molecule has 4 N–H and O–H groups in total. The third kappa shape index (κ3) is 2.64. The Bertz CT molecular complexity index is 323. The summed E-state index contributed by atoms with van der Waals surface area (Å²) >= 11 is 0. The van der Waals surface area contributed by atoms with Crippen molar-refractivity contribution in [3.8, 4) is 0 Å². The van der Waals surface area contributed by atoms with Crippen LogP contribution in [0.1, 0.15) is 0 Å². The number of benzene rings is 1. The minimum Gasteiger partial charge on any atom is -0.659 e. The molecule has 0 unspecified atom stereocenters. The first-order valence-corrected chi connectivity index (χ1v) is 4.81. The van der Waals surface area contributed by atoms with E-state index in [4.69, 9.17) is 11.5 Å². The molecule has 0 spiro atoms. The van der Waals surface area contributed by atoms with Gasteiger partial charge in [-0.05, 0) is 25.2 Å². The molecule has 1 saturated heterocycles. The Labute approximate surface area is 104 Å². The van der Waals surface area contributed by atoms with Crippen LogP contribution < -0.4 is 16.4 Å². The second-order valence-electron chi connectivity index (χ2n) is 3.44. The molecule has 0 saturated carbocycles. The van der Waals surface area contributed by atoms with Gasteiger partial charge in [0.1, 0.15) is 0 Å². The van der Waals surface area contributed by atoms with Crippen LogP contribution >= 0.6 is 0 Å². The van der Waals surface area contributed by atoms with E-state index in [0.29, 0.717) is 11.4 Å². The van der Waals surface area contributed by atoms with Gasteiger partial charge in [0.05, 0.1) is 17.1 Å². The topological polar surface area (TPSA) is 69.4 Å². The predicted molar refractivity (Wildman–Crippen MR) is 60.6 cm³/mol. The number of nitrogens with zero attached hydrogens (tertiary/aromatic N) is 2. The van der Waals surface area contributed by atoms with Crippen LogP contribution in [0.15, 0.2) is 18.2 Å². The largest absolute Gasteiger partial charge is 0.659 e. The number of anilines is 3. The molecule has 0 bridgehead atoms. The number of piperazine rings is 1. The summed E-state index contributed by atoms with van der Waals surface area (Å²) in [7, 11) is 0. The van der Waals surface area contributed by atoms with Crippen molar-refractivity contribution in [3.05, 3.63) is 23.5 Å². The molecule has 1 heterocycles. The van der Waals surface area contributed by atoms with Gasteiger partial charge in [-0.1, -0.05) is 6.07 Å². The molecule has 0 atom stereocenters. The van der Waals surface area contributed by atoms with Crippen molar-refractivity contribution >= 4 is 17.1 Å². The van der Waals surface area contributed by atoms with Crippen LogP contribution in [-0.4, -0.2) is 26.2 Å². The van der Waals surface area contributed by atoms with Gasteiger partial charge in [0.2, 0.25) is 0 Å². The molecule has 4 nitrogen and oxygen atoms in total. The average Bonchev–Trinajstić information content (AvgIpc) is 2.23. The Balaban J connectivity index is 0.00000112. The van der Waals surface area contributed by atoms with Crippen molar-refractivity contribution in [2.24, 2.45) is 0 Å². The van der Waals surface area contributed by atoms with Gasteiger partial charge in [-0.15, -0.1) is 13.1 Å². The molecular weight excluding hydrogens is 360 g/mol. The summed E-state index contributed by atoms with van der Waals surface area (Å²) in [4.78, 5) is 2.23. The van der Waals surface area contributed by atoms with Crippen LogP contribution in [0.5, 0.6) is 0 Å². The van der Waals surface area contributed by atoms with E-state index in [9.17, 15) is 0 Å². The van der Waals surface area contributed by atoms with Gasteiger partial charge >= 0.3 is 0 Å². The van der Waals surface area contributed by atoms with Gasteiger partial charge < -0.3 is 21.7 Å². The second-order valence-corrected chi connectivity index (χ2v) is 3.44. The molecule has 1 aliphatic rings. The first-order chi connectivity index (χ1) is 6.79. The SMILES string of the molecule is Nc1cccc(N2CC[N-]CC2)c1N.[W]. The summed E-state index contributed by atoms with van der Waals surface area (Å²) < 4.78 is 0. The standard InChI is InChI=1S/C10H15N4.W/c11-8-2-1-3-9(10(8)12)14-6-4-13-5-7-14;/h1-3H,4-7,11-12H2;/q-1;. The first kappa shape index (κ1) is 12.3. The number of hydrogen-bond acceptors (Lipinski definition) is 3. The van der Waals surface area contributed by atoms with Crippen LogP contribution in [0.3, 0.4) is 0 Å². The molecule has 0 aromatic heterocycles. The molecule has 1 fully saturated rings. The van der Waals surface area contributed by atoms with Crippen LogP contribution in [0, 0.1) is 0 Å². The third-order valence-corrected chi connectivity index (χ3v) is 2.51. The molecule has 15 heavy (non-hydrogen) atoms. The van der Waals surface area contributed by atoms with E-state index in [1.165, 1.54) is 0 Å². The van der Waals surface area contributed by atoms with E-state index in [1.54, 1.807) is 0 Å². The van der Waals surface area contributed by atoms with Gasteiger partial charge in [0, 0.05) is 21.1 Å². The molecule has 2 rings (SSSR count). The first-order valence-electron chi connectivity index (χ1n) is 4.81. The fraction of sp³-hybridized carbons (Fsp3) is 0.400. The number of hydrogen-bond donors (Lipinski definition) is 2. The molecule has 1 aromatic rings. The fourth-order valence-corrected chi connectivity index (χ4v) is 1.69. The second kappa shape index (κ2) is 5.38. The summed E-state index contributed by atoms with van der Waals surface area (Å²) in [6, 6.07) is 5.77. The van der Waals surface area contributed by atoms with E-state index in [0.717, 1.165) is 31.9 Å². The van der Waals surface area contributed by atoms with Gasteiger partial charge in [-0.25, -0.2) is 0 Å². The summed E-state index contributed by atoms with van der Waals surface area (Å²) in [6.07, 6.45) is 0. The molecule has 0 radical (unpaired) electrons. The van der Waals surface area contributed by atoms with Crippen molar-refractivity contribution in [1.82, 2.24) is 0 Å². The zero-order chi connectivity index (χ0) is 9.97. The molecule has 0 amide bonds. The molecular formula is C10H15N4W-. The van der Waals surface area contributed by atoms with E-state index >= 15 is 0 Å². The summed E-state index contributed by atoms with van der Waals surface area (Å²) in [5, 5.41) is 4.29. The van der Waals surface area contributed by atoms with Gasteiger partial charge in [-0.3, -0.25) is 0 Å². The number of rotatable bonds is 1. The van der Waals surface area contributed by atoms with Gasteiger partial charge in [0.25, 0.3) is 0 Å². The van der Waals surface area contributed by atoms with Crippen molar-refractivity contribution < 1.29 is 21.1 Å².